The standard InChI is InChI=1S/C20H29N3O/c1-6-17-7-9-18(10-8-17)20(14(2)3)21-19(24)11-12-23-16(5)13-15(4)22-23/h7-10,13-14,20H,6,11-12H2,1-5H3,(H,21,24). The van der Waals surface area contributed by atoms with E-state index in [1.54, 1.807) is 0 Å². The van der Waals surface area contributed by atoms with Crippen molar-refractivity contribution in [1.82, 2.24) is 15.1 Å². The number of hydrogen-bond acceptors (Lipinski definition) is 2. The first-order valence-corrected chi connectivity index (χ1v) is 8.80. The third-order valence-electron chi connectivity index (χ3n) is 4.38. The molecule has 0 aliphatic heterocycles. The predicted molar refractivity (Wildman–Crippen MR) is 97.9 cm³/mol. The molecule has 0 aliphatic rings. The van der Waals surface area contributed by atoms with Crippen LogP contribution in [-0.4, -0.2) is 15.7 Å². The summed E-state index contributed by atoms with van der Waals surface area (Å²) in [6.45, 7) is 11.0. The molecular formula is C20H29N3O. The number of aryl methyl sites for hydroxylation is 4. The van der Waals surface area contributed by atoms with E-state index in [4.69, 9.17) is 0 Å². The van der Waals surface area contributed by atoms with E-state index in [2.05, 4.69) is 55.5 Å². The van der Waals surface area contributed by atoms with Crippen LogP contribution >= 0.6 is 0 Å². The van der Waals surface area contributed by atoms with Gasteiger partial charge in [-0.25, -0.2) is 0 Å². The minimum Gasteiger partial charge on any atom is -0.349 e. The van der Waals surface area contributed by atoms with Gasteiger partial charge in [-0.05, 0) is 43.4 Å². The number of rotatable bonds is 7. The zero-order valence-corrected chi connectivity index (χ0v) is 15.5. The monoisotopic (exact) mass is 327 g/mol. The molecule has 0 radical (unpaired) electrons. The van der Waals surface area contributed by atoms with Crippen LogP contribution in [0.2, 0.25) is 0 Å². The van der Waals surface area contributed by atoms with E-state index in [9.17, 15) is 4.79 Å². The fraction of sp³-hybridized carbons (Fsp3) is 0.500. The minimum atomic E-state index is 0.0452. The first-order valence-electron chi connectivity index (χ1n) is 8.80. The molecule has 0 saturated carbocycles. The zero-order chi connectivity index (χ0) is 17.7. The van der Waals surface area contributed by atoms with Gasteiger partial charge in [0.2, 0.25) is 5.91 Å². The van der Waals surface area contributed by atoms with Crippen LogP contribution in [0.1, 0.15) is 55.7 Å². The Kier molecular flexibility index (Phi) is 6.18. The Hall–Kier alpha value is -2.10. The van der Waals surface area contributed by atoms with Gasteiger partial charge < -0.3 is 5.32 Å². The van der Waals surface area contributed by atoms with E-state index in [1.165, 1.54) is 11.1 Å². The van der Waals surface area contributed by atoms with E-state index in [0.29, 0.717) is 18.9 Å². The molecule has 130 valence electrons. The van der Waals surface area contributed by atoms with Crippen LogP contribution in [0.25, 0.3) is 0 Å². The topological polar surface area (TPSA) is 46.9 Å². The molecule has 4 nitrogen and oxygen atoms in total. The highest BCUT2D eigenvalue weighted by Crippen LogP contribution is 2.22. The third kappa shape index (κ3) is 4.70. The average molecular weight is 327 g/mol. The maximum atomic E-state index is 12.4. The Bertz CT molecular complexity index is 671. The van der Waals surface area contributed by atoms with Crippen LogP contribution in [-0.2, 0) is 17.8 Å². The second-order valence-corrected chi connectivity index (χ2v) is 6.78. The number of nitrogens with one attached hydrogen (secondary N) is 1. The van der Waals surface area contributed by atoms with Crippen molar-refractivity contribution in [3.63, 3.8) is 0 Å². The van der Waals surface area contributed by atoms with E-state index in [0.717, 1.165) is 17.8 Å². The van der Waals surface area contributed by atoms with Gasteiger partial charge in [-0.2, -0.15) is 5.10 Å². The number of hydrogen-bond donors (Lipinski definition) is 1. The molecule has 0 aliphatic carbocycles. The fourth-order valence-corrected chi connectivity index (χ4v) is 2.95. The van der Waals surface area contributed by atoms with Crippen molar-refractivity contribution < 1.29 is 4.79 Å². The van der Waals surface area contributed by atoms with Crippen molar-refractivity contribution in [3.8, 4) is 0 Å². The first kappa shape index (κ1) is 18.2. The minimum absolute atomic E-state index is 0.0452. The van der Waals surface area contributed by atoms with Gasteiger partial charge in [0.05, 0.1) is 11.7 Å². The van der Waals surface area contributed by atoms with Crippen LogP contribution in [0, 0.1) is 19.8 Å². The van der Waals surface area contributed by atoms with Crippen molar-refractivity contribution in [2.75, 3.05) is 0 Å². The normalized spacial score (nSPS) is 12.4. The highest BCUT2D eigenvalue weighted by atomic mass is 16.1. The summed E-state index contributed by atoms with van der Waals surface area (Å²) < 4.78 is 1.90. The second-order valence-electron chi connectivity index (χ2n) is 6.78. The smallest absolute Gasteiger partial charge is 0.222 e. The van der Waals surface area contributed by atoms with E-state index in [1.807, 2.05) is 24.6 Å². The van der Waals surface area contributed by atoms with Crippen molar-refractivity contribution in [2.24, 2.45) is 5.92 Å². The molecule has 0 spiro atoms. The lowest BCUT2D eigenvalue weighted by Crippen LogP contribution is -2.32. The summed E-state index contributed by atoms with van der Waals surface area (Å²) in [6, 6.07) is 10.6. The quantitative estimate of drug-likeness (QED) is 0.836. The van der Waals surface area contributed by atoms with Crippen LogP contribution in [0.15, 0.2) is 30.3 Å². The van der Waals surface area contributed by atoms with Crippen molar-refractivity contribution in [3.05, 3.63) is 52.8 Å². The molecule has 1 N–H and O–H groups in total. The van der Waals surface area contributed by atoms with Crippen molar-refractivity contribution in [1.29, 1.82) is 0 Å². The maximum absolute atomic E-state index is 12.4. The molecule has 1 amide bonds. The molecule has 1 heterocycles. The lowest BCUT2D eigenvalue weighted by Gasteiger charge is -2.23. The summed E-state index contributed by atoms with van der Waals surface area (Å²) in [5.41, 5.74) is 4.57. The largest absolute Gasteiger partial charge is 0.349 e. The van der Waals surface area contributed by atoms with Crippen LogP contribution in [0.3, 0.4) is 0 Å². The number of carbonyl (C=O) groups excluding carboxylic acids is 1. The van der Waals surface area contributed by atoms with Crippen molar-refractivity contribution >= 4 is 5.91 Å². The molecule has 2 aromatic rings. The Labute approximate surface area is 145 Å². The summed E-state index contributed by atoms with van der Waals surface area (Å²) in [7, 11) is 0. The van der Waals surface area contributed by atoms with E-state index in [-0.39, 0.29) is 11.9 Å². The van der Waals surface area contributed by atoms with Crippen LogP contribution in [0.4, 0.5) is 0 Å². The Morgan fingerprint density at radius 3 is 2.38 bits per heavy atom. The average Bonchev–Trinajstić information content (AvgIpc) is 2.88. The van der Waals surface area contributed by atoms with Gasteiger partial charge in [-0.15, -0.1) is 0 Å². The molecule has 2 rings (SSSR count). The van der Waals surface area contributed by atoms with Crippen LogP contribution < -0.4 is 5.32 Å². The predicted octanol–water partition coefficient (Wildman–Crippen LogP) is 3.97. The molecule has 1 atom stereocenters. The number of benzene rings is 1. The molecule has 1 aromatic heterocycles. The molecule has 0 fully saturated rings. The molecule has 1 unspecified atom stereocenters. The highest BCUT2D eigenvalue weighted by Gasteiger charge is 2.18. The number of aromatic nitrogens is 2. The molecular weight excluding hydrogens is 298 g/mol. The second kappa shape index (κ2) is 8.13. The number of carbonyl (C=O) groups is 1. The molecule has 24 heavy (non-hydrogen) atoms. The summed E-state index contributed by atoms with van der Waals surface area (Å²) >= 11 is 0. The Morgan fingerprint density at radius 2 is 1.88 bits per heavy atom. The highest BCUT2D eigenvalue weighted by molar-refractivity contribution is 5.76. The van der Waals surface area contributed by atoms with E-state index >= 15 is 0 Å². The van der Waals surface area contributed by atoms with Gasteiger partial charge in [-0.3, -0.25) is 9.48 Å². The van der Waals surface area contributed by atoms with Gasteiger partial charge in [0.15, 0.2) is 0 Å². The molecule has 0 saturated heterocycles. The van der Waals surface area contributed by atoms with Crippen molar-refractivity contribution in [2.45, 2.75) is 60.0 Å². The number of amides is 1. The van der Waals surface area contributed by atoms with Gasteiger partial charge in [0.25, 0.3) is 0 Å². The Morgan fingerprint density at radius 1 is 1.21 bits per heavy atom. The lowest BCUT2D eigenvalue weighted by atomic mass is 9.94. The lowest BCUT2D eigenvalue weighted by molar-refractivity contribution is -0.122. The zero-order valence-electron chi connectivity index (χ0n) is 15.5. The summed E-state index contributed by atoms with van der Waals surface area (Å²) in [5, 5.41) is 7.60. The third-order valence-corrected chi connectivity index (χ3v) is 4.38. The number of nitrogens with zero attached hydrogens (tertiary/aromatic N) is 2. The van der Waals surface area contributed by atoms with Crippen LogP contribution in [0.5, 0.6) is 0 Å². The molecule has 0 bridgehead atoms. The first-order chi connectivity index (χ1) is 11.4. The van der Waals surface area contributed by atoms with E-state index < -0.39 is 0 Å². The maximum Gasteiger partial charge on any atom is 0.222 e. The Balaban J connectivity index is 1.98. The summed E-state index contributed by atoms with van der Waals surface area (Å²) in [4.78, 5) is 12.4. The summed E-state index contributed by atoms with van der Waals surface area (Å²) in [5.74, 6) is 0.413. The SMILES string of the molecule is CCc1ccc(C(NC(=O)CCn2nc(C)cc2C)C(C)C)cc1. The molecule has 1 aromatic carbocycles. The van der Waals surface area contributed by atoms with Gasteiger partial charge >= 0.3 is 0 Å². The van der Waals surface area contributed by atoms with Gasteiger partial charge in [0.1, 0.15) is 0 Å². The van der Waals surface area contributed by atoms with Gasteiger partial charge in [-0.1, -0.05) is 45.0 Å². The molecule has 4 heteroatoms. The van der Waals surface area contributed by atoms with Gasteiger partial charge in [0, 0.05) is 18.7 Å². The fourth-order valence-electron chi connectivity index (χ4n) is 2.95. The summed E-state index contributed by atoms with van der Waals surface area (Å²) in [6.07, 6.45) is 1.47.